The van der Waals surface area contributed by atoms with E-state index in [1.165, 1.54) is 24.8 Å². The van der Waals surface area contributed by atoms with E-state index in [0.29, 0.717) is 5.41 Å². The topological polar surface area (TPSA) is 41.1 Å². The van der Waals surface area contributed by atoms with Gasteiger partial charge in [0.25, 0.3) is 0 Å². The highest BCUT2D eigenvalue weighted by Gasteiger charge is 2.37. The summed E-state index contributed by atoms with van der Waals surface area (Å²) < 4.78 is 0. The van der Waals surface area contributed by atoms with Gasteiger partial charge >= 0.3 is 0 Å². The highest BCUT2D eigenvalue weighted by atomic mass is 16.2. The van der Waals surface area contributed by atoms with Crippen molar-refractivity contribution in [3.8, 4) is 0 Å². The van der Waals surface area contributed by atoms with Gasteiger partial charge in [-0.15, -0.1) is 0 Å². The molecule has 1 aromatic carbocycles. The molecule has 3 heteroatoms. The zero-order chi connectivity index (χ0) is 13.8. The van der Waals surface area contributed by atoms with Gasteiger partial charge in [0.05, 0.1) is 6.04 Å². The summed E-state index contributed by atoms with van der Waals surface area (Å²) in [4.78, 5) is 12.1. The first-order valence-corrected chi connectivity index (χ1v) is 7.83. The van der Waals surface area contributed by atoms with Crippen molar-refractivity contribution in [3.05, 3.63) is 35.9 Å². The summed E-state index contributed by atoms with van der Waals surface area (Å²) in [5.41, 5.74) is 1.69. The summed E-state index contributed by atoms with van der Waals surface area (Å²) in [6, 6.07) is 10.7. The minimum absolute atomic E-state index is 0.0452. The predicted molar refractivity (Wildman–Crippen MR) is 80.5 cm³/mol. The first-order valence-electron chi connectivity index (χ1n) is 7.83. The number of amides is 1. The molecule has 1 atom stereocenters. The van der Waals surface area contributed by atoms with Gasteiger partial charge in [-0.05, 0) is 49.6 Å². The Bertz CT molecular complexity index is 447. The molecule has 1 saturated carbocycles. The molecule has 0 spiro atoms. The Labute approximate surface area is 121 Å². The predicted octanol–water partition coefficient (Wildman–Crippen LogP) is 2.27. The fourth-order valence-electron chi connectivity index (χ4n) is 3.43. The number of carbonyl (C=O) groups is 1. The van der Waals surface area contributed by atoms with E-state index in [1.54, 1.807) is 0 Å². The van der Waals surface area contributed by atoms with Gasteiger partial charge in [0.2, 0.25) is 5.91 Å². The van der Waals surface area contributed by atoms with Crippen molar-refractivity contribution >= 4 is 5.91 Å². The van der Waals surface area contributed by atoms with Crippen LogP contribution < -0.4 is 10.6 Å². The zero-order valence-corrected chi connectivity index (χ0v) is 12.0. The molecule has 1 aromatic rings. The van der Waals surface area contributed by atoms with Gasteiger partial charge in [0.15, 0.2) is 0 Å². The molecule has 0 bridgehead atoms. The van der Waals surface area contributed by atoms with Crippen molar-refractivity contribution in [2.75, 3.05) is 13.1 Å². The van der Waals surface area contributed by atoms with Crippen LogP contribution >= 0.6 is 0 Å². The van der Waals surface area contributed by atoms with Crippen LogP contribution in [-0.4, -0.2) is 25.0 Å². The van der Waals surface area contributed by atoms with Gasteiger partial charge < -0.3 is 10.6 Å². The summed E-state index contributed by atoms with van der Waals surface area (Å²) in [5.74, 6) is 0.196. The molecule has 3 nitrogen and oxygen atoms in total. The number of carbonyl (C=O) groups excluding carboxylic acids is 1. The van der Waals surface area contributed by atoms with Gasteiger partial charge in [0, 0.05) is 6.54 Å². The smallest absolute Gasteiger partial charge is 0.237 e. The van der Waals surface area contributed by atoms with Gasteiger partial charge in [0.1, 0.15) is 0 Å². The van der Waals surface area contributed by atoms with Crippen LogP contribution in [0.5, 0.6) is 0 Å². The summed E-state index contributed by atoms with van der Waals surface area (Å²) >= 11 is 0. The third kappa shape index (κ3) is 3.04. The number of benzene rings is 1. The Hall–Kier alpha value is -1.35. The first kappa shape index (κ1) is 13.6. The van der Waals surface area contributed by atoms with E-state index < -0.39 is 0 Å². The average molecular weight is 272 g/mol. The van der Waals surface area contributed by atoms with Gasteiger partial charge in [-0.2, -0.15) is 0 Å². The molecule has 0 aromatic heterocycles. The molecule has 2 fully saturated rings. The van der Waals surface area contributed by atoms with Gasteiger partial charge in [-0.3, -0.25) is 4.79 Å². The molecule has 0 radical (unpaired) electrons. The van der Waals surface area contributed by atoms with E-state index in [-0.39, 0.29) is 11.9 Å². The lowest BCUT2D eigenvalue weighted by Crippen LogP contribution is -2.48. The third-order valence-corrected chi connectivity index (χ3v) is 4.85. The number of hydrogen-bond donors (Lipinski definition) is 2. The summed E-state index contributed by atoms with van der Waals surface area (Å²) in [5, 5.41) is 6.45. The number of rotatable bonds is 5. The maximum Gasteiger partial charge on any atom is 0.237 e. The standard InChI is InChI=1S/C17H24N2O/c20-16(15-8-4-11-18-15)19-13-17(9-5-10-17)12-14-6-2-1-3-7-14/h1-3,6-7,15,18H,4-5,8-13H2,(H,19,20). The summed E-state index contributed by atoms with van der Waals surface area (Å²) in [6.07, 6.45) is 6.96. The molecular weight excluding hydrogens is 248 g/mol. The Balaban J connectivity index is 1.55. The highest BCUT2D eigenvalue weighted by molar-refractivity contribution is 5.82. The molecule has 1 saturated heterocycles. The average Bonchev–Trinajstić information content (AvgIpc) is 2.96. The number of hydrogen-bond acceptors (Lipinski definition) is 2. The van der Waals surface area contributed by atoms with E-state index in [9.17, 15) is 4.79 Å². The molecule has 2 N–H and O–H groups in total. The van der Waals surface area contributed by atoms with E-state index in [2.05, 4.69) is 41.0 Å². The molecule has 108 valence electrons. The van der Waals surface area contributed by atoms with E-state index in [4.69, 9.17) is 0 Å². The van der Waals surface area contributed by atoms with Crippen LogP contribution in [0, 0.1) is 5.41 Å². The second kappa shape index (κ2) is 5.96. The molecule has 1 amide bonds. The molecule has 1 heterocycles. The maximum absolute atomic E-state index is 12.1. The normalized spacial score (nSPS) is 24.1. The maximum atomic E-state index is 12.1. The fraction of sp³-hybridized carbons (Fsp3) is 0.588. The van der Waals surface area contributed by atoms with Crippen molar-refractivity contribution in [1.29, 1.82) is 0 Å². The van der Waals surface area contributed by atoms with Gasteiger partial charge in [-0.25, -0.2) is 0 Å². The first-order chi connectivity index (χ1) is 9.77. The van der Waals surface area contributed by atoms with E-state index >= 15 is 0 Å². The molecule has 20 heavy (non-hydrogen) atoms. The van der Waals surface area contributed by atoms with Crippen molar-refractivity contribution in [2.45, 2.75) is 44.6 Å². The molecule has 3 rings (SSSR count). The lowest BCUT2D eigenvalue weighted by molar-refractivity contribution is -0.123. The van der Waals surface area contributed by atoms with Crippen LogP contribution in [-0.2, 0) is 11.2 Å². The summed E-state index contributed by atoms with van der Waals surface area (Å²) in [7, 11) is 0. The van der Waals surface area contributed by atoms with Gasteiger partial charge in [-0.1, -0.05) is 36.8 Å². The Morgan fingerprint density at radius 3 is 2.65 bits per heavy atom. The minimum atomic E-state index is 0.0452. The molecule has 1 unspecified atom stereocenters. The van der Waals surface area contributed by atoms with Crippen LogP contribution in [0.25, 0.3) is 0 Å². The highest BCUT2D eigenvalue weighted by Crippen LogP contribution is 2.43. The quantitative estimate of drug-likeness (QED) is 0.863. The Morgan fingerprint density at radius 2 is 2.05 bits per heavy atom. The molecule has 1 aliphatic carbocycles. The second-order valence-electron chi connectivity index (χ2n) is 6.38. The molecule has 1 aliphatic heterocycles. The van der Waals surface area contributed by atoms with Crippen LogP contribution in [0.4, 0.5) is 0 Å². The lowest BCUT2D eigenvalue weighted by atomic mass is 9.65. The second-order valence-corrected chi connectivity index (χ2v) is 6.38. The van der Waals surface area contributed by atoms with E-state index in [1.807, 2.05) is 0 Å². The van der Waals surface area contributed by atoms with Crippen molar-refractivity contribution in [3.63, 3.8) is 0 Å². The van der Waals surface area contributed by atoms with Crippen LogP contribution in [0.3, 0.4) is 0 Å². The Morgan fingerprint density at radius 1 is 1.25 bits per heavy atom. The van der Waals surface area contributed by atoms with Crippen LogP contribution in [0.2, 0.25) is 0 Å². The largest absolute Gasteiger partial charge is 0.354 e. The Kier molecular flexibility index (Phi) is 4.06. The van der Waals surface area contributed by atoms with E-state index in [0.717, 1.165) is 32.4 Å². The number of nitrogens with one attached hydrogen (secondary N) is 2. The van der Waals surface area contributed by atoms with Crippen LogP contribution in [0.1, 0.15) is 37.7 Å². The van der Waals surface area contributed by atoms with Crippen molar-refractivity contribution < 1.29 is 4.79 Å². The summed E-state index contributed by atoms with van der Waals surface area (Å²) in [6.45, 7) is 1.81. The molecular formula is C17H24N2O. The molecule has 2 aliphatic rings. The van der Waals surface area contributed by atoms with Crippen molar-refractivity contribution in [2.24, 2.45) is 5.41 Å². The third-order valence-electron chi connectivity index (χ3n) is 4.85. The SMILES string of the molecule is O=C(NCC1(Cc2ccccc2)CCC1)C1CCCN1. The minimum Gasteiger partial charge on any atom is -0.354 e. The lowest BCUT2D eigenvalue weighted by Gasteiger charge is -2.42. The van der Waals surface area contributed by atoms with Crippen LogP contribution in [0.15, 0.2) is 30.3 Å². The zero-order valence-electron chi connectivity index (χ0n) is 12.0. The fourth-order valence-corrected chi connectivity index (χ4v) is 3.43. The monoisotopic (exact) mass is 272 g/mol. The van der Waals surface area contributed by atoms with Crippen molar-refractivity contribution in [1.82, 2.24) is 10.6 Å².